The Morgan fingerprint density at radius 2 is 1.95 bits per heavy atom. The van der Waals surface area contributed by atoms with Crippen LogP contribution in [-0.4, -0.2) is 23.7 Å². The molecule has 0 saturated heterocycles. The first-order chi connectivity index (χ1) is 9.31. The molecule has 0 heterocycles. The molecule has 1 aromatic rings. The normalized spacial score (nSPS) is 15.6. The maximum atomic E-state index is 13.5. The van der Waals surface area contributed by atoms with Gasteiger partial charge in [0.15, 0.2) is 0 Å². The third-order valence-electron chi connectivity index (χ3n) is 3.31. The quantitative estimate of drug-likeness (QED) is 0.795. The van der Waals surface area contributed by atoms with Gasteiger partial charge in [-0.2, -0.15) is 0 Å². The fraction of sp³-hybridized carbons (Fsp3) is 0.385. The van der Waals surface area contributed by atoms with Gasteiger partial charge in [-0.3, -0.25) is 0 Å². The van der Waals surface area contributed by atoms with Crippen molar-refractivity contribution in [1.82, 2.24) is 5.32 Å². The average Bonchev–Trinajstić information content (AvgIpc) is 3.08. The average molecular weight is 284 g/mol. The summed E-state index contributed by atoms with van der Waals surface area (Å²) in [6, 6.07) is 0.534. The molecule has 1 saturated carbocycles. The van der Waals surface area contributed by atoms with Crippen molar-refractivity contribution in [3.8, 4) is 0 Å². The molecule has 2 amide bonds. The van der Waals surface area contributed by atoms with E-state index in [1.54, 1.807) is 0 Å². The maximum absolute atomic E-state index is 13.5. The van der Waals surface area contributed by atoms with Gasteiger partial charge in [0.05, 0.1) is 11.3 Å². The van der Waals surface area contributed by atoms with Gasteiger partial charge in [-0.1, -0.05) is 6.92 Å². The molecule has 0 atom stereocenters. The lowest BCUT2D eigenvalue weighted by molar-refractivity contribution is 0.0692. The Hall–Kier alpha value is -2.18. The van der Waals surface area contributed by atoms with Crippen molar-refractivity contribution in [3.05, 3.63) is 29.3 Å². The first-order valence-electron chi connectivity index (χ1n) is 6.08. The Kier molecular flexibility index (Phi) is 3.61. The van der Waals surface area contributed by atoms with Crippen molar-refractivity contribution in [2.24, 2.45) is 5.41 Å². The minimum atomic E-state index is -1.53. The monoisotopic (exact) mass is 284 g/mol. The molecular formula is C13H14F2N2O3. The number of carboxylic acids is 1. The van der Waals surface area contributed by atoms with E-state index in [1.807, 2.05) is 6.92 Å². The second kappa shape index (κ2) is 5.07. The molecule has 0 spiro atoms. The summed E-state index contributed by atoms with van der Waals surface area (Å²) in [5.41, 5.74) is -0.983. The molecule has 7 heteroatoms. The van der Waals surface area contributed by atoms with Gasteiger partial charge in [-0.15, -0.1) is 0 Å². The fourth-order valence-corrected chi connectivity index (χ4v) is 1.66. The molecule has 1 aromatic carbocycles. The van der Waals surface area contributed by atoms with Crippen LogP contribution in [0, 0.1) is 17.0 Å². The Labute approximate surface area is 114 Å². The smallest absolute Gasteiger partial charge is 0.338 e. The van der Waals surface area contributed by atoms with Crippen molar-refractivity contribution in [2.45, 2.75) is 19.8 Å². The number of halogens is 2. The summed E-state index contributed by atoms with van der Waals surface area (Å²) >= 11 is 0. The molecule has 0 bridgehead atoms. The van der Waals surface area contributed by atoms with Crippen molar-refractivity contribution in [1.29, 1.82) is 0 Å². The Balaban J connectivity index is 2.06. The number of carbonyl (C=O) groups excluding carboxylic acids is 1. The number of hydrogen-bond donors (Lipinski definition) is 3. The number of benzene rings is 1. The largest absolute Gasteiger partial charge is 0.478 e. The highest BCUT2D eigenvalue weighted by Crippen LogP contribution is 2.44. The molecule has 20 heavy (non-hydrogen) atoms. The van der Waals surface area contributed by atoms with Gasteiger partial charge in [-0.25, -0.2) is 18.4 Å². The lowest BCUT2D eigenvalue weighted by Gasteiger charge is -2.12. The van der Waals surface area contributed by atoms with E-state index in [2.05, 4.69) is 10.6 Å². The summed E-state index contributed by atoms with van der Waals surface area (Å²) in [6.07, 6.45) is 2.03. The van der Waals surface area contributed by atoms with Crippen LogP contribution in [0.2, 0.25) is 0 Å². The molecule has 2 rings (SSSR count). The number of amides is 2. The summed E-state index contributed by atoms with van der Waals surface area (Å²) < 4.78 is 26.6. The molecule has 0 aliphatic heterocycles. The number of rotatable bonds is 4. The second-order valence-corrected chi connectivity index (χ2v) is 5.24. The highest BCUT2D eigenvalue weighted by atomic mass is 19.1. The minimum absolute atomic E-state index is 0.0882. The summed E-state index contributed by atoms with van der Waals surface area (Å²) in [5, 5.41) is 13.5. The van der Waals surface area contributed by atoms with E-state index in [0.717, 1.165) is 18.9 Å². The van der Waals surface area contributed by atoms with E-state index in [4.69, 9.17) is 5.11 Å². The van der Waals surface area contributed by atoms with Crippen LogP contribution in [0.3, 0.4) is 0 Å². The number of nitrogens with one attached hydrogen (secondary N) is 2. The molecule has 5 nitrogen and oxygen atoms in total. The maximum Gasteiger partial charge on any atom is 0.338 e. The highest BCUT2D eigenvalue weighted by Gasteiger charge is 2.37. The Morgan fingerprint density at radius 3 is 2.50 bits per heavy atom. The lowest BCUT2D eigenvalue weighted by atomic mass is 10.1. The van der Waals surface area contributed by atoms with Gasteiger partial charge in [0.25, 0.3) is 0 Å². The Morgan fingerprint density at radius 1 is 1.30 bits per heavy atom. The number of urea groups is 1. The first kappa shape index (κ1) is 14.2. The predicted octanol–water partition coefficient (Wildman–Crippen LogP) is 2.58. The Bertz CT molecular complexity index is 571. The SMILES string of the molecule is CC1(CNC(=O)Nc2cc(C(=O)O)c(F)cc2F)CC1. The van der Waals surface area contributed by atoms with Gasteiger partial charge in [0.1, 0.15) is 11.6 Å². The van der Waals surface area contributed by atoms with Crippen molar-refractivity contribution in [3.63, 3.8) is 0 Å². The van der Waals surface area contributed by atoms with E-state index in [9.17, 15) is 18.4 Å². The zero-order valence-electron chi connectivity index (χ0n) is 10.8. The van der Waals surface area contributed by atoms with Gasteiger partial charge in [-0.05, 0) is 24.3 Å². The van der Waals surface area contributed by atoms with Crippen molar-refractivity contribution in [2.75, 3.05) is 11.9 Å². The van der Waals surface area contributed by atoms with Crippen LogP contribution in [0.1, 0.15) is 30.1 Å². The topological polar surface area (TPSA) is 78.4 Å². The molecule has 1 fully saturated rings. The standard InChI is InChI=1S/C13H14F2N2O3/c1-13(2-3-13)6-16-12(20)17-10-4-7(11(18)19)8(14)5-9(10)15/h4-5H,2-3,6H2,1H3,(H,18,19)(H2,16,17,20). The van der Waals surface area contributed by atoms with Crippen molar-refractivity contribution < 1.29 is 23.5 Å². The molecule has 1 aliphatic rings. The van der Waals surface area contributed by atoms with Gasteiger partial charge < -0.3 is 15.7 Å². The number of hydrogen-bond acceptors (Lipinski definition) is 2. The molecular weight excluding hydrogens is 270 g/mol. The summed E-state index contributed by atoms with van der Waals surface area (Å²) in [5.74, 6) is -3.75. The highest BCUT2D eigenvalue weighted by molar-refractivity contribution is 5.93. The molecule has 1 aliphatic carbocycles. The van der Waals surface area contributed by atoms with Gasteiger partial charge in [0, 0.05) is 12.6 Å². The fourth-order valence-electron chi connectivity index (χ4n) is 1.66. The van der Waals surface area contributed by atoms with Gasteiger partial charge >= 0.3 is 12.0 Å². The molecule has 3 N–H and O–H groups in total. The van der Waals surface area contributed by atoms with E-state index in [-0.39, 0.29) is 11.1 Å². The first-order valence-corrected chi connectivity index (χ1v) is 6.08. The summed E-state index contributed by atoms with van der Waals surface area (Å²) in [6.45, 7) is 2.46. The number of carbonyl (C=O) groups is 2. The van der Waals surface area contributed by atoms with Crippen molar-refractivity contribution >= 4 is 17.7 Å². The number of anilines is 1. The molecule has 108 valence electrons. The van der Waals surface area contributed by atoms with E-state index in [1.165, 1.54) is 0 Å². The summed E-state index contributed by atoms with van der Waals surface area (Å²) in [4.78, 5) is 22.3. The number of aromatic carboxylic acids is 1. The van der Waals surface area contributed by atoms with Crippen LogP contribution >= 0.6 is 0 Å². The molecule has 0 radical (unpaired) electrons. The number of carboxylic acid groups (broad SMARTS) is 1. The molecule has 0 aromatic heterocycles. The van der Waals surface area contributed by atoms with Crippen LogP contribution in [0.4, 0.5) is 19.3 Å². The van der Waals surface area contributed by atoms with Crippen LogP contribution in [0.15, 0.2) is 12.1 Å². The third-order valence-corrected chi connectivity index (χ3v) is 3.31. The lowest BCUT2D eigenvalue weighted by Crippen LogP contribution is -2.33. The van der Waals surface area contributed by atoms with E-state index >= 15 is 0 Å². The van der Waals surface area contributed by atoms with Crippen LogP contribution in [0.5, 0.6) is 0 Å². The van der Waals surface area contributed by atoms with Crippen LogP contribution < -0.4 is 10.6 Å². The third kappa shape index (κ3) is 3.23. The van der Waals surface area contributed by atoms with Crippen LogP contribution in [-0.2, 0) is 0 Å². The molecule has 0 unspecified atom stereocenters. The summed E-state index contributed by atoms with van der Waals surface area (Å²) in [7, 11) is 0. The second-order valence-electron chi connectivity index (χ2n) is 5.24. The van der Waals surface area contributed by atoms with E-state index in [0.29, 0.717) is 12.6 Å². The zero-order valence-corrected chi connectivity index (χ0v) is 10.8. The van der Waals surface area contributed by atoms with Gasteiger partial charge in [0.2, 0.25) is 0 Å². The van der Waals surface area contributed by atoms with E-state index < -0.39 is 29.2 Å². The predicted molar refractivity (Wildman–Crippen MR) is 67.7 cm³/mol. The minimum Gasteiger partial charge on any atom is -0.478 e. The van der Waals surface area contributed by atoms with Crippen LogP contribution in [0.25, 0.3) is 0 Å². The zero-order chi connectivity index (χ0) is 14.9.